The van der Waals surface area contributed by atoms with E-state index in [1.807, 2.05) is 43.3 Å². The van der Waals surface area contributed by atoms with Gasteiger partial charge in [0, 0.05) is 12.4 Å². The van der Waals surface area contributed by atoms with E-state index in [2.05, 4.69) is 10.4 Å². The summed E-state index contributed by atoms with van der Waals surface area (Å²) in [5, 5.41) is 7.46. The molecule has 116 valence electrons. The van der Waals surface area contributed by atoms with Gasteiger partial charge < -0.3 is 5.32 Å². The first-order valence-corrected chi connectivity index (χ1v) is 7.40. The quantitative estimate of drug-likeness (QED) is 0.808. The largest absolute Gasteiger partial charge is 0.344 e. The molecule has 0 spiro atoms. The molecule has 1 atom stereocenters. The molecule has 1 N–H and O–H groups in total. The third kappa shape index (κ3) is 2.85. The van der Waals surface area contributed by atoms with Crippen molar-refractivity contribution < 1.29 is 4.79 Å². The molecule has 0 bridgehead atoms. The van der Waals surface area contributed by atoms with Crippen LogP contribution in [0.25, 0.3) is 10.9 Å². The standard InChI is InChI=1S/C18H17N3O2/c1-12(13-8-4-3-5-9-13)19-18(23)16-17(22)14-10-6-7-11-15(14)21(2)20-16/h3-12H,1-2H3,(H,19,23). The van der Waals surface area contributed by atoms with Gasteiger partial charge in [-0.25, -0.2) is 0 Å². The number of carbonyl (C=O) groups is 1. The van der Waals surface area contributed by atoms with Gasteiger partial charge in [0.15, 0.2) is 5.69 Å². The number of rotatable bonds is 3. The molecule has 0 fully saturated rings. The highest BCUT2D eigenvalue weighted by Crippen LogP contribution is 2.12. The Morgan fingerprint density at radius 3 is 2.48 bits per heavy atom. The third-order valence-corrected chi connectivity index (χ3v) is 3.82. The number of benzene rings is 2. The van der Waals surface area contributed by atoms with Crippen molar-refractivity contribution in [3.63, 3.8) is 0 Å². The summed E-state index contributed by atoms with van der Waals surface area (Å²) in [4.78, 5) is 25.0. The summed E-state index contributed by atoms with van der Waals surface area (Å²) in [5.41, 5.74) is 1.23. The maximum atomic E-state index is 12.5. The summed E-state index contributed by atoms with van der Waals surface area (Å²) >= 11 is 0. The van der Waals surface area contributed by atoms with Crippen molar-refractivity contribution in [3.8, 4) is 0 Å². The second-order valence-electron chi connectivity index (χ2n) is 5.42. The Morgan fingerprint density at radius 2 is 1.74 bits per heavy atom. The predicted octanol–water partition coefficient (Wildman–Crippen LogP) is 2.42. The minimum absolute atomic E-state index is 0.0889. The molecule has 0 saturated carbocycles. The Labute approximate surface area is 133 Å². The van der Waals surface area contributed by atoms with E-state index in [1.54, 1.807) is 29.9 Å². The summed E-state index contributed by atoms with van der Waals surface area (Å²) < 4.78 is 1.55. The molecule has 0 aliphatic heterocycles. The lowest BCUT2D eigenvalue weighted by atomic mass is 10.1. The number of nitrogens with zero attached hydrogens (tertiary/aromatic N) is 2. The maximum Gasteiger partial charge on any atom is 0.276 e. The Morgan fingerprint density at radius 1 is 1.09 bits per heavy atom. The van der Waals surface area contributed by atoms with E-state index in [9.17, 15) is 9.59 Å². The number of fused-ring (bicyclic) bond motifs is 1. The van der Waals surface area contributed by atoms with Gasteiger partial charge in [-0.15, -0.1) is 0 Å². The number of carbonyl (C=O) groups excluding carboxylic acids is 1. The van der Waals surface area contributed by atoms with Gasteiger partial charge in [0.05, 0.1) is 11.6 Å². The fourth-order valence-electron chi connectivity index (χ4n) is 2.56. The maximum absolute atomic E-state index is 12.5. The van der Waals surface area contributed by atoms with Crippen LogP contribution >= 0.6 is 0 Å². The molecular weight excluding hydrogens is 290 g/mol. The van der Waals surface area contributed by atoms with Crippen LogP contribution in [0.3, 0.4) is 0 Å². The minimum atomic E-state index is -0.465. The third-order valence-electron chi connectivity index (χ3n) is 3.82. The highest BCUT2D eigenvalue weighted by molar-refractivity contribution is 5.95. The van der Waals surface area contributed by atoms with Crippen molar-refractivity contribution in [2.24, 2.45) is 7.05 Å². The van der Waals surface area contributed by atoms with E-state index in [0.717, 1.165) is 5.56 Å². The molecule has 23 heavy (non-hydrogen) atoms. The lowest BCUT2D eigenvalue weighted by molar-refractivity contribution is 0.0932. The summed E-state index contributed by atoms with van der Waals surface area (Å²) in [6, 6.07) is 16.5. The SMILES string of the molecule is CC(NC(=O)c1nn(C)c2ccccc2c1=O)c1ccccc1. The fraction of sp³-hybridized carbons (Fsp3) is 0.167. The molecular formula is C18H17N3O2. The van der Waals surface area contributed by atoms with Crippen LogP contribution in [0.5, 0.6) is 0 Å². The molecule has 5 nitrogen and oxygen atoms in total. The van der Waals surface area contributed by atoms with Crippen LogP contribution < -0.4 is 10.7 Å². The second-order valence-corrected chi connectivity index (χ2v) is 5.42. The summed E-state index contributed by atoms with van der Waals surface area (Å²) in [6.45, 7) is 1.87. The Bertz CT molecular complexity index is 916. The first-order chi connectivity index (χ1) is 11.1. The van der Waals surface area contributed by atoms with Crippen molar-refractivity contribution in [3.05, 3.63) is 76.1 Å². The van der Waals surface area contributed by atoms with E-state index < -0.39 is 5.91 Å². The summed E-state index contributed by atoms with van der Waals surface area (Å²) in [5.74, 6) is -0.465. The molecule has 2 aromatic carbocycles. The average Bonchev–Trinajstić information content (AvgIpc) is 2.58. The predicted molar refractivity (Wildman–Crippen MR) is 89.3 cm³/mol. The number of hydrogen-bond donors (Lipinski definition) is 1. The highest BCUT2D eigenvalue weighted by Gasteiger charge is 2.18. The molecule has 3 rings (SSSR count). The number of aromatic nitrogens is 2. The zero-order valence-corrected chi connectivity index (χ0v) is 13.0. The van der Waals surface area contributed by atoms with Crippen molar-refractivity contribution >= 4 is 16.8 Å². The molecule has 0 aliphatic carbocycles. The molecule has 0 aliphatic rings. The lowest BCUT2D eigenvalue weighted by Gasteiger charge is -2.14. The average molecular weight is 307 g/mol. The van der Waals surface area contributed by atoms with Crippen LogP contribution in [0.4, 0.5) is 0 Å². The van der Waals surface area contributed by atoms with E-state index >= 15 is 0 Å². The number of amides is 1. The van der Waals surface area contributed by atoms with E-state index in [0.29, 0.717) is 10.9 Å². The molecule has 1 heterocycles. The van der Waals surface area contributed by atoms with Crippen molar-refractivity contribution in [1.82, 2.24) is 15.1 Å². The monoisotopic (exact) mass is 307 g/mol. The highest BCUT2D eigenvalue weighted by atomic mass is 16.2. The van der Waals surface area contributed by atoms with Gasteiger partial charge in [0.25, 0.3) is 5.91 Å². The Kier molecular flexibility index (Phi) is 3.93. The van der Waals surface area contributed by atoms with E-state index in [4.69, 9.17) is 0 Å². The number of para-hydroxylation sites is 1. The summed E-state index contributed by atoms with van der Waals surface area (Å²) in [6.07, 6.45) is 0. The van der Waals surface area contributed by atoms with Gasteiger partial charge in [-0.05, 0) is 24.6 Å². The fourth-order valence-corrected chi connectivity index (χ4v) is 2.56. The number of nitrogens with one attached hydrogen (secondary N) is 1. The number of hydrogen-bond acceptors (Lipinski definition) is 3. The Hall–Kier alpha value is -2.95. The Balaban J connectivity index is 1.96. The molecule has 1 aromatic heterocycles. The van der Waals surface area contributed by atoms with Crippen LogP contribution in [-0.2, 0) is 7.05 Å². The van der Waals surface area contributed by atoms with Crippen LogP contribution in [0.1, 0.15) is 29.0 Å². The van der Waals surface area contributed by atoms with Crippen molar-refractivity contribution in [1.29, 1.82) is 0 Å². The van der Waals surface area contributed by atoms with Gasteiger partial charge in [-0.1, -0.05) is 42.5 Å². The molecule has 5 heteroatoms. The number of aryl methyl sites for hydroxylation is 1. The van der Waals surface area contributed by atoms with Crippen LogP contribution in [-0.4, -0.2) is 15.7 Å². The van der Waals surface area contributed by atoms with Crippen LogP contribution in [0.2, 0.25) is 0 Å². The van der Waals surface area contributed by atoms with E-state index in [-0.39, 0.29) is 17.2 Å². The first-order valence-electron chi connectivity index (χ1n) is 7.40. The van der Waals surface area contributed by atoms with Gasteiger partial charge in [-0.3, -0.25) is 14.3 Å². The van der Waals surface area contributed by atoms with Crippen molar-refractivity contribution in [2.45, 2.75) is 13.0 Å². The molecule has 1 unspecified atom stereocenters. The minimum Gasteiger partial charge on any atom is -0.344 e. The van der Waals surface area contributed by atoms with Crippen LogP contribution in [0, 0.1) is 0 Å². The molecule has 3 aromatic rings. The second kappa shape index (κ2) is 6.04. The zero-order chi connectivity index (χ0) is 16.4. The van der Waals surface area contributed by atoms with Crippen molar-refractivity contribution in [2.75, 3.05) is 0 Å². The zero-order valence-electron chi connectivity index (χ0n) is 13.0. The van der Waals surface area contributed by atoms with Gasteiger partial charge in [-0.2, -0.15) is 5.10 Å². The lowest BCUT2D eigenvalue weighted by Crippen LogP contribution is -2.33. The normalized spacial score (nSPS) is 12.1. The summed E-state index contributed by atoms with van der Waals surface area (Å²) in [7, 11) is 1.72. The van der Waals surface area contributed by atoms with E-state index in [1.165, 1.54) is 0 Å². The smallest absolute Gasteiger partial charge is 0.276 e. The topological polar surface area (TPSA) is 64.0 Å². The molecule has 0 radical (unpaired) electrons. The molecule has 1 amide bonds. The first kappa shape index (κ1) is 15.0. The van der Waals surface area contributed by atoms with Gasteiger partial charge >= 0.3 is 0 Å². The van der Waals surface area contributed by atoms with Gasteiger partial charge in [0.2, 0.25) is 5.43 Å². The van der Waals surface area contributed by atoms with Gasteiger partial charge in [0.1, 0.15) is 0 Å². The molecule has 0 saturated heterocycles. The van der Waals surface area contributed by atoms with Crippen LogP contribution in [0.15, 0.2) is 59.4 Å².